The zero-order valence-corrected chi connectivity index (χ0v) is 13.6. The van der Waals surface area contributed by atoms with Gasteiger partial charge < -0.3 is 5.32 Å². The molecule has 2 aromatic rings. The van der Waals surface area contributed by atoms with Gasteiger partial charge in [0, 0.05) is 21.2 Å². The quantitative estimate of drug-likeness (QED) is 0.756. The van der Waals surface area contributed by atoms with Crippen molar-refractivity contribution in [2.75, 3.05) is 5.32 Å². The Kier molecular flexibility index (Phi) is 4.65. The molecule has 0 aliphatic heterocycles. The molecule has 2 nitrogen and oxygen atoms in total. The van der Waals surface area contributed by atoms with Crippen LogP contribution in [0.25, 0.3) is 0 Å². The minimum atomic E-state index is 0.143. The van der Waals surface area contributed by atoms with E-state index in [0.717, 1.165) is 8.95 Å². The first kappa shape index (κ1) is 13.8. The summed E-state index contributed by atoms with van der Waals surface area (Å²) in [4.78, 5) is 4.26. The Morgan fingerprint density at radius 3 is 2.44 bits per heavy atom. The molecule has 1 N–H and O–H groups in total. The average molecular weight is 391 g/mol. The first-order chi connectivity index (χ1) is 8.56. The van der Waals surface area contributed by atoms with Gasteiger partial charge in [0.25, 0.3) is 0 Å². The second-order valence-corrected chi connectivity index (χ2v) is 6.14. The van der Waals surface area contributed by atoms with Gasteiger partial charge in [0.1, 0.15) is 5.82 Å². The molecule has 1 atom stereocenters. The maximum Gasteiger partial charge on any atom is 0.145 e. The number of hydrogen-bond acceptors (Lipinski definition) is 2. The van der Waals surface area contributed by atoms with Gasteiger partial charge in [0.15, 0.2) is 0 Å². The predicted octanol–water partition coefficient (Wildman–Crippen LogP) is 5.43. The van der Waals surface area contributed by atoms with Crippen LogP contribution in [0.4, 0.5) is 5.82 Å². The van der Waals surface area contributed by atoms with E-state index in [1.54, 1.807) is 6.20 Å². The highest BCUT2D eigenvalue weighted by Gasteiger charge is 2.09. The molecule has 2 rings (SSSR count). The van der Waals surface area contributed by atoms with E-state index in [9.17, 15) is 0 Å². The summed E-state index contributed by atoms with van der Waals surface area (Å²) in [7, 11) is 0. The molecule has 0 amide bonds. The smallest absolute Gasteiger partial charge is 0.145 e. The van der Waals surface area contributed by atoms with Gasteiger partial charge in [-0.05, 0) is 46.6 Å². The summed E-state index contributed by atoms with van der Waals surface area (Å²) < 4.78 is 1.94. The van der Waals surface area contributed by atoms with Crippen molar-refractivity contribution in [3.8, 4) is 0 Å². The van der Waals surface area contributed by atoms with E-state index < -0.39 is 0 Å². The van der Waals surface area contributed by atoms with Crippen molar-refractivity contribution >= 4 is 49.3 Å². The van der Waals surface area contributed by atoms with Crippen molar-refractivity contribution in [1.82, 2.24) is 4.98 Å². The third-order valence-corrected chi connectivity index (χ3v) is 3.78. The maximum absolute atomic E-state index is 6.12. The van der Waals surface area contributed by atoms with Gasteiger partial charge in [-0.3, -0.25) is 0 Å². The maximum atomic E-state index is 6.12. The fraction of sp³-hybridized carbons (Fsp3) is 0.154. The third kappa shape index (κ3) is 3.46. The molecule has 0 fully saturated rings. The first-order valence-electron chi connectivity index (χ1n) is 5.39. The van der Waals surface area contributed by atoms with Crippen molar-refractivity contribution in [3.63, 3.8) is 0 Å². The molecule has 1 heterocycles. The zero-order chi connectivity index (χ0) is 13.1. The summed E-state index contributed by atoms with van der Waals surface area (Å²) >= 11 is 12.9. The molecule has 0 saturated carbocycles. The summed E-state index contributed by atoms with van der Waals surface area (Å²) in [6, 6.07) is 10.1. The topological polar surface area (TPSA) is 24.9 Å². The molecule has 0 spiro atoms. The molecular weight excluding hydrogens is 379 g/mol. The van der Waals surface area contributed by atoms with Gasteiger partial charge >= 0.3 is 0 Å². The fourth-order valence-electron chi connectivity index (χ4n) is 1.56. The normalized spacial score (nSPS) is 12.2. The molecule has 1 aromatic heterocycles. The Bertz CT molecular complexity index is 543. The van der Waals surface area contributed by atoms with Crippen LogP contribution in [-0.4, -0.2) is 4.98 Å². The number of anilines is 1. The van der Waals surface area contributed by atoms with Crippen LogP contribution in [-0.2, 0) is 0 Å². The van der Waals surface area contributed by atoms with Crippen LogP contribution in [0, 0.1) is 0 Å². The van der Waals surface area contributed by atoms with Crippen LogP contribution in [0.2, 0.25) is 5.02 Å². The van der Waals surface area contributed by atoms with Crippen LogP contribution in [0.3, 0.4) is 0 Å². The lowest BCUT2D eigenvalue weighted by Crippen LogP contribution is -2.08. The number of pyridine rings is 1. The third-order valence-electron chi connectivity index (χ3n) is 2.53. The SMILES string of the molecule is CC(Nc1ncc(Br)cc1Cl)c1ccc(Br)cc1. The zero-order valence-electron chi connectivity index (χ0n) is 9.62. The Morgan fingerprint density at radius 2 is 1.83 bits per heavy atom. The summed E-state index contributed by atoms with van der Waals surface area (Å²) in [6.07, 6.45) is 1.72. The number of benzene rings is 1. The summed E-state index contributed by atoms with van der Waals surface area (Å²) in [5, 5.41) is 3.90. The molecular formula is C13H11Br2ClN2. The highest BCUT2D eigenvalue weighted by molar-refractivity contribution is 9.10. The number of nitrogens with zero attached hydrogens (tertiary/aromatic N) is 1. The monoisotopic (exact) mass is 388 g/mol. The van der Waals surface area contributed by atoms with E-state index in [4.69, 9.17) is 11.6 Å². The van der Waals surface area contributed by atoms with E-state index in [1.807, 2.05) is 18.2 Å². The van der Waals surface area contributed by atoms with Crippen LogP contribution in [0.15, 0.2) is 45.5 Å². The fourth-order valence-corrected chi connectivity index (χ4v) is 2.51. The Balaban J connectivity index is 2.15. The molecule has 0 radical (unpaired) electrons. The average Bonchev–Trinajstić information content (AvgIpc) is 2.33. The first-order valence-corrected chi connectivity index (χ1v) is 7.35. The second-order valence-electron chi connectivity index (χ2n) is 3.90. The van der Waals surface area contributed by atoms with Crippen molar-refractivity contribution in [2.24, 2.45) is 0 Å². The number of halogens is 3. The molecule has 18 heavy (non-hydrogen) atoms. The van der Waals surface area contributed by atoms with E-state index in [-0.39, 0.29) is 6.04 Å². The molecule has 0 bridgehead atoms. The van der Waals surface area contributed by atoms with E-state index >= 15 is 0 Å². The van der Waals surface area contributed by atoms with E-state index in [1.165, 1.54) is 5.56 Å². The van der Waals surface area contributed by atoms with Gasteiger partial charge in [-0.1, -0.05) is 39.7 Å². The van der Waals surface area contributed by atoms with Gasteiger partial charge in [0.05, 0.1) is 5.02 Å². The predicted molar refractivity (Wildman–Crippen MR) is 83.1 cm³/mol. The van der Waals surface area contributed by atoms with E-state index in [2.05, 4.69) is 61.2 Å². The van der Waals surface area contributed by atoms with Crippen molar-refractivity contribution in [2.45, 2.75) is 13.0 Å². The summed E-state index contributed by atoms with van der Waals surface area (Å²) in [5.41, 5.74) is 1.18. The number of aromatic nitrogens is 1. The molecule has 94 valence electrons. The minimum Gasteiger partial charge on any atom is -0.362 e. The number of rotatable bonds is 3. The Labute approximate surface area is 128 Å². The van der Waals surface area contributed by atoms with Crippen LogP contribution >= 0.6 is 43.5 Å². The number of nitrogens with one attached hydrogen (secondary N) is 1. The Morgan fingerprint density at radius 1 is 1.17 bits per heavy atom. The lowest BCUT2D eigenvalue weighted by Gasteiger charge is -2.16. The molecule has 0 aliphatic rings. The van der Waals surface area contributed by atoms with E-state index in [0.29, 0.717) is 10.8 Å². The summed E-state index contributed by atoms with van der Waals surface area (Å²) in [5.74, 6) is 0.690. The van der Waals surface area contributed by atoms with Crippen molar-refractivity contribution < 1.29 is 0 Å². The number of hydrogen-bond donors (Lipinski definition) is 1. The Hall–Kier alpha value is -0.580. The molecule has 1 aromatic carbocycles. The van der Waals surface area contributed by atoms with Crippen LogP contribution in [0.5, 0.6) is 0 Å². The molecule has 0 aliphatic carbocycles. The molecule has 5 heteroatoms. The minimum absolute atomic E-state index is 0.143. The largest absolute Gasteiger partial charge is 0.362 e. The standard InChI is InChI=1S/C13H11Br2ClN2/c1-8(9-2-4-10(14)5-3-9)18-13-12(16)6-11(15)7-17-13/h2-8H,1H3,(H,17,18). The highest BCUT2D eigenvalue weighted by atomic mass is 79.9. The van der Waals surface area contributed by atoms with Crippen molar-refractivity contribution in [1.29, 1.82) is 0 Å². The van der Waals surface area contributed by atoms with Gasteiger partial charge in [0.2, 0.25) is 0 Å². The van der Waals surface area contributed by atoms with Crippen LogP contribution < -0.4 is 5.32 Å². The second kappa shape index (κ2) is 6.04. The lowest BCUT2D eigenvalue weighted by molar-refractivity contribution is 0.874. The molecule has 0 saturated heterocycles. The molecule has 1 unspecified atom stereocenters. The van der Waals surface area contributed by atoms with Gasteiger partial charge in [-0.15, -0.1) is 0 Å². The van der Waals surface area contributed by atoms with Crippen molar-refractivity contribution in [3.05, 3.63) is 56.1 Å². The lowest BCUT2D eigenvalue weighted by atomic mass is 10.1. The van der Waals surface area contributed by atoms with Gasteiger partial charge in [-0.2, -0.15) is 0 Å². The van der Waals surface area contributed by atoms with Crippen LogP contribution in [0.1, 0.15) is 18.5 Å². The highest BCUT2D eigenvalue weighted by Crippen LogP contribution is 2.27. The summed E-state index contributed by atoms with van der Waals surface area (Å²) in [6.45, 7) is 2.07. The van der Waals surface area contributed by atoms with Gasteiger partial charge in [-0.25, -0.2) is 4.98 Å².